The maximum absolute atomic E-state index is 12.6. The Hall–Kier alpha value is -1.89. The second-order valence-electron chi connectivity index (χ2n) is 2.98. The molecule has 4 heteroatoms. The molecule has 0 aliphatic rings. The molecule has 1 aromatic carbocycles. The molecule has 0 fully saturated rings. The Kier molecular flexibility index (Phi) is 3.81. The Morgan fingerprint density at radius 1 is 1.53 bits per heavy atom. The molecule has 0 aliphatic carbocycles. The summed E-state index contributed by atoms with van der Waals surface area (Å²) in [6.07, 6.45) is -0.00830. The number of methoxy groups -OCH3 is 1. The zero-order valence-corrected chi connectivity index (χ0v) is 8.24. The van der Waals surface area contributed by atoms with Crippen LogP contribution in [0.15, 0.2) is 24.3 Å². The molecule has 0 aromatic heterocycles. The van der Waals surface area contributed by atoms with Gasteiger partial charge in [-0.2, -0.15) is 0 Å². The quantitative estimate of drug-likeness (QED) is 0.562. The SMILES string of the molecule is [C-]#[N+]C(CC(=O)OC)c1ccc(F)cc1. The highest BCUT2D eigenvalue weighted by molar-refractivity contribution is 5.70. The third-order valence-electron chi connectivity index (χ3n) is 2.00. The van der Waals surface area contributed by atoms with E-state index in [0.29, 0.717) is 5.56 Å². The molecule has 0 heterocycles. The molecule has 0 amide bonds. The number of hydrogen-bond donors (Lipinski definition) is 0. The smallest absolute Gasteiger partial charge is 0.313 e. The number of esters is 1. The summed E-state index contributed by atoms with van der Waals surface area (Å²) in [7, 11) is 1.27. The van der Waals surface area contributed by atoms with E-state index < -0.39 is 12.0 Å². The molecule has 0 spiro atoms. The predicted octanol–water partition coefficient (Wildman–Crippen LogP) is 2.35. The molecule has 1 rings (SSSR count). The molecule has 0 aliphatic heterocycles. The van der Waals surface area contributed by atoms with Crippen molar-refractivity contribution in [1.82, 2.24) is 0 Å². The van der Waals surface area contributed by atoms with Gasteiger partial charge in [0.1, 0.15) is 12.2 Å². The number of carbonyl (C=O) groups excluding carboxylic acids is 1. The van der Waals surface area contributed by atoms with E-state index >= 15 is 0 Å². The normalized spacial score (nSPS) is 11.5. The molecular formula is C11H10FNO2. The lowest BCUT2D eigenvalue weighted by Gasteiger charge is -2.04. The van der Waals surface area contributed by atoms with Crippen molar-refractivity contribution in [2.24, 2.45) is 0 Å². The molecule has 0 N–H and O–H groups in total. The summed E-state index contributed by atoms with van der Waals surface area (Å²) in [6.45, 7) is 6.94. The van der Waals surface area contributed by atoms with E-state index in [-0.39, 0.29) is 12.2 Å². The molecule has 1 aromatic rings. The number of rotatable bonds is 3. The van der Waals surface area contributed by atoms with E-state index in [2.05, 4.69) is 9.58 Å². The maximum atomic E-state index is 12.6. The zero-order valence-electron chi connectivity index (χ0n) is 8.24. The van der Waals surface area contributed by atoms with Crippen LogP contribution >= 0.6 is 0 Å². The van der Waals surface area contributed by atoms with Gasteiger partial charge in [0.25, 0.3) is 6.04 Å². The third kappa shape index (κ3) is 3.06. The maximum Gasteiger partial charge on any atom is 0.313 e. The summed E-state index contributed by atoms with van der Waals surface area (Å²) in [4.78, 5) is 14.3. The molecule has 1 atom stereocenters. The first kappa shape index (κ1) is 11.2. The molecule has 1 unspecified atom stereocenters. The molecule has 0 bridgehead atoms. The van der Waals surface area contributed by atoms with Crippen LogP contribution in [-0.2, 0) is 9.53 Å². The topological polar surface area (TPSA) is 30.7 Å². The van der Waals surface area contributed by atoms with Gasteiger partial charge in [-0.15, -0.1) is 0 Å². The van der Waals surface area contributed by atoms with Crippen LogP contribution in [0.25, 0.3) is 4.85 Å². The third-order valence-corrected chi connectivity index (χ3v) is 2.00. The van der Waals surface area contributed by atoms with E-state index in [4.69, 9.17) is 6.57 Å². The Morgan fingerprint density at radius 2 is 2.13 bits per heavy atom. The molecule has 0 saturated heterocycles. The van der Waals surface area contributed by atoms with E-state index in [0.717, 1.165) is 0 Å². The van der Waals surface area contributed by atoms with Gasteiger partial charge in [-0.05, 0) is 24.3 Å². The fourth-order valence-electron chi connectivity index (χ4n) is 1.16. The molecular weight excluding hydrogens is 197 g/mol. The van der Waals surface area contributed by atoms with Crippen LogP contribution < -0.4 is 0 Å². The lowest BCUT2D eigenvalue weighted by atomic mass is 10.0. The van der Waals surface area contributed by atoms with Crippen LogP contribution in [-0.4, -0.2) is 13.1 Å². The monoisotopic (exact) mass is 207 g/mol. The fourth-order valence-corrected chi connectivity index (χ4v) is 1.16. The molecule has 15 heavy (non-hydrogen) atoms. The first-order chi connectivity index (χ1) is 7.17. The van der Waals surface area contributed by atoms with Crippen molar-refractivity contribution in [3.8, 4) is 0 Å². The number of halogens is 1. The van der Waals surface area contributed by atoms with Crippen LogP contribution in [0.1, 0.15) is 18.0 Å². The van der Waals surface area contributed by atoms with Crippen LogP contribution in [0.4, 0.5) is 4.39 Å². The number of benzene rings is 1. The minimum absolute atomic E-state index is 0.00830. The van der Waals surface area contributed by atoms with Gasteiger partial charge >= 0.3 is 5.97 Å². The van der Waals surface area contributed by atoms with E-state index in [9.17, 15) is 9.18 Å². The zero-order chi connectivity index (χ0) is 11.3. The highest BCUT2D eigenvalue weighted by atomic mass is 19.1. The van der Waals surface area contributed by atoms with Gasteiger partial charge in [-0.3, -0.25) is 4.79 Å². The number of ether oxygens (including phenoxy) is 1. The first-order valence-electron chi connectivity index (χ1n) is 4.36. The number of carbonyl (C=O) groups is 1. The summed E-state index contributed by atoms with van der Waals surface area (Å²) >= 11 is 0. The summed E-state index contributed by atoms with van der Waals surface area (Å²) in [5.41, 5.74) is 0.622. The van der Waals surface area contributed by atoms with Crippen molar-refractivity contribution >= 4 is 5.97 Å². The van der Waals surface area contributed by atoms with E-state index in [1.807, 2.05) is 0 Å². The van der Waals surface area contributed by atoms with E-state index in [1.165, 1.54) is 31.4 Å². The van der Waals surface area contributed by atoms with Crippen molar-refractivity contribution in [2.45, 2.75) is 12.5 Å². The molecule has 3 nitrogen and oxygen atoms in total. The van der Waals surface area contributed by atoms with Gasteiger partial charge in [0.2, 0.25) is 0 Å². The van der Waals surface area contributed by atoms with Crippen molar-refractivity contribution in [3.63, 3.8) is 0 Å². The lowest BCUT2D eigenvalue weighted by molar-refractivity contribution is -0.140. The van der Waals surface area contributed by atoms with Gasteiger partial charge in [-0.25, -0.2) is 11.0 Å². The second kappa shape index (κ2) is 5.11. The average Bonchev–Trinajstić information content (AvgIpc) is 2.27. The largest absolute Gasteiger partial charge is 0.469 e. The summed E-state index contributed by atoms with van der Waals surface area (Å²) in [5.74, 6) is -0.805. The van der Waals surface area contributed by atoms with Crippen molar-refractivity contribution < 1.29 is 13.9 Å². The predicted molar refractivity (Wildman–Crippen MR) is 52.4 cm³/mol. The Balaban J connectivity index is 2.80. The van der Waals surface area contributed by atoms with Crippen LogP contribution in [0.5, 0.6) is 0 Å². The van der Waals surface area contributed by atoms with Crippen molar-refractivity contribution in [3.05, 3.63) is 47.1 Å². The fraction of sp³-hybridized carbons (Fsp3) is 0.273. The van der Waals surface area contributed by atoms with Crippen LogP contribution in [0.3, 0.4) is 0 Å². The van der Waals surface area contributed by atoms with Gasteiger partial charge in [0, 0.05) is 5.56 Å². The standard InChI is InChI=1S/C11H10FNO2/c1-13-10(7-11(14)15-2)8-3-5-9(12)6-4-8/h3-6,10H,7H2,2H3. The average molecular weight is 207 g/mol. The van der Waals surface area contributed by atoms with Crippen molar-refractivity contribution in [2.75, 3.05) is 7.11 Å². The Bertz CT molecular complexity index is 381. The Morgan fingerprint density at radius 3 is 2.60 bits per heavy atom. The highest BCUT2D eigenvalue weighted by Gasteiger charge is 2.20. The van der Waals surface area contributed by atoms with Crippen molar-refractivity contribution in [1.29, 1.82) is 0 Å². The summed E-state index contributed by atoms with van der Waals surface area (Å²) in [6, 6.07) is 4.94. The summed E-state index contributed by atoms with van der Waals surface area (Å²) < 4.78 is 17.1. The lowest BCUT2D eigenvalue weighted by Crippen LogP contribution is -2.05. The van der Waals surface area contributed by atoms with E-state index in [1.54, 1.807) is 0 Å². The van der Waals surface area contributed by atoms with Gasteiger partial charge < -0.3 is 9.58 Å². The minimum Gasteiger partial charge on any atom is -0.469 e. The van der Waals surface area contributed by atoms with Gasteiger partial charge in [0.15, 0.2) is 0 Å². The minimum atomic E-state index is -0.599. The Labute approximate surface area is 87.3 Å². The number of hydrogen-bond acceptors (Lipinski definition) is 2. The van der Waals surface area contributed by atoms with Gasteiger partial charge in [0.05, 0.1) is 7.11 Å². The molecule has 78 valence electrons. The molecule has 0 saturated carbocycles. The summed E-state index contributed by atoms with van der Waals surface area (Å²) in [5, 5.41) is 0. The second-order valence-corrected chi connectivity index (χ2v) is 2.98. The highest BCUT2D eigenvalue weighted by Crippen LogP contribution is 2.21. The van der Waals surface area contributed by atoms with Crippen LogP contribution in [0.2, 0.25) is 0 Å². The number of nitrogens with zero attached hydrogens (tertiary/aromatic N) is 1. The first-order valence-corrected chi connectivity index (χ1v) is 4.36. The van der Waals surface area contributed by atoms with Crippen LogP contribution in [0, 0.1) is 12.4 Å². The molecule has 0 radical (unpaired) electrons. The van der Waals surface area contributed by atoms with Gasteiger partial charge in [-0.1, -0.05) is 0 Å².